The van der Waals surface area contributed by atoms with Crippen LogP contribution >= 0.6 is 0 Å². The minimum Gasteiger partial charge on any atom is -0.478 e. The Hall–Kier alpha value is -3.24. The lowest BCUT2D eigenvalue weighted by atomic mass is 10.0. The van der Waals surface area contributed by atoms with Crippen LogP contribution in [-0.2, 0) is 14.2 Å². The number of aromatic carboxylic acids is 1. The van der Waals surface area contributed by atoms with Crippen molar-refractivity contribution in [2.24, 2.45) is 0 Å². The molecule has 0 aromatic heterocycles. The highest BCUT2D eigenvalue weighted by Gasteiger charge is 2.84. The molecule has 2 atom stereocenters. The van der Waals surface area contributed by atoms with Crippen molar-refractivity contribution in [3.05, 3.63) is 28.8 Å². The molecule has 2 unspecified atom stereocenters. The second-order valence-electron chi connectivity index (χ2n) is 7.31. The Morgan fingerprint density at radius 1 is 0.780 bits per heavy atom. The number of carboxylic acid groups (broad SMARTS) is 1. The lowest BCUT2D eigenvalue weighted by Crippen LogP contribution is -2.66. The van der Waals surface area contributed by atoms with E-state index in [1.165, 1.54) is 4.74 Å². The third-order valence-corrected chi connectivity index (χ3v) is 4.52. The molecule has 0 amide bonds. The smallest absolute Gasteiger partial charge is 0.462 e. The van der Waals surface area contributed by atoms with Gasteiger partial charge in [-0.25, -0.2) is 14.0 Å². The van der Waals surface area contributed by atoms with E-state index in [4.69, 9.17) is 5.11 Å². The van der Waals surface area contributed by atoms with E-state index < -0.39 is 83.2 Å². The monoisotopic (exact) mass is 642 g/mol. The maximum Gasteiger partial charge on any atom is 0.462 e. The second kappa shape index (κ2) is 10.9. The molecule has 23 heteroatoms. The van der Waals surface area contributed by atoms with E-state index in [1.807, 2.05) is 0 Å². The van der Waals surface area contributed by atoms with Gasteiger partial charge >= 0.3 is 60.8 Å². The number of carbonyl (C=O) groups excluding carboxylic acids is 1. The van der Waals surface area contributed by atoms with Crippen molar-refractivity contribution in [1.82, 2.24) is 0 Å². The topological polar surface area (TPSA) is 91.3 Å². The molecule has 0 fully saturated rings. The van der Waals surface area contributed by atoms with Crippen LogP contribution in [0.25, 0.3) is 0 Å². The Morgan fingerprint density at radius 3 is 1.63 bits per heavy atom. The SMILES string of the molecule is COC(=O)c1ccc(C(=O)O)c(C)c1OC(F)(F)C(F)OC(F)(F)C(F)(OC(F)(F)C(F)(F)C(F)(F)F)C(F)(F)F. The van der Waals surface area contributed by atoms with Crippen molar-refractivity contribution in [2.45, 2.75) is 55.7 Å². The third-order valence-electron chi connectivity index (χ3n) is 4.52. The Labute approximate surface area is 214 Å². The van der Waals surface area contributed by atoms with Crippen molar-refractivity contribution < 1.29 is 104 Å². The van der Waals surface area contributed by atoms with Gasteiger partial charge in [0.1, 0.15) is 11.3 Å². The quantitative estimate of drug-likeness (QED) is 0.221. The normalized spacial score (nSPS) is 16.1. The molecular formula is C18H10F16O7. The zero-order valence-corrected chi connectivity index (χ0v) is 19.2. The largest absolute Gasteiger partial charge is 0.478 e. The molecule has 0 aliphatic rings. The third kappa shape index (κ3) is 6.64. The molecule has 7 nitrogen and oxygen atoms in total. The first-order valence-electron chi connectivity index (χ1n) is 9.50. The van der Waals surface area contributed by atoms with Crippen LogP contribution in [0, 0.1) is 6.92 Å². The number of rotatable bonds is 11. The summed E-state index contributed by atoms with van der Waals surface area (Å²) in [5.41, 5.74) is -3.26. The summed E-state index contributed by atoms with van der Waals surface area (Å²) >= 11 is 0. The standard InChI is InChI=1S/C18H10F16O7/c1-5-6(9(35)36)3-4-7(10(37)38-2)8(5)39-12(20,21)11(19)40-18(33,34)14(24,16(28,29)30)41-17(31,32)13(22,23)15(25,26)27/h3-4,11H,1-2H3,(H,35,36). The highest BCUT2D eigenvalue weighted by molar-refractivity contribution is 5.97. The van der Waals surface area contributed by atoms with Gasteiger partial charge in [0.05, 0.1) is 12.7 Å². The lowest BCUT2D eigenvalue weighted by Gasteiger charge is -2.38. The van der Waals surface area contributed by atoms with Gasteiger partial charge in [0.15, 0.2) is 0 Å². The highest BCUT2D eigenvalue weighted by Crippen LogP contribution is 2.55. The van der Waals surface area contributed by atoms with E-state index in [-0.39, 0.29) is 0 Å². The average molecular weight is 642 g/mol. The molecule has 0 saturated heterocycles. The van der Waals surface area contributed by atoms with Crippen molar-refractivity contribution in [1.29, 1.82) is 0 Å². The predicted molar refractivity (Wildman–Crippen MR) is 92.9 cm³/mol. The molecule has 1 N–H and O–H groups in total. The van der Waals surface area contributed by atoms with Crippen LogP contribution in [0.1, 0.15) is 26.3 Å². The highest BCUT2D eigenvalue weighted by atomic mass is 19.4. The summed E-state index contributed by atoms with van der Waals surface area (Å²) in [4.78, 5) is 22.9. The van der Waals surface area contributed by atoms with Gasteiger partial charge in [-0.1, -0.05) is 0 Å². The van der Waals surface area contributed by atoms with E-state index in [0.29, 0.717) is 26.2 Å². The summed E-state index contributed by atoms with van der Waals surface area (Å²) in [5.74, 6) is -21.1. The molecule has 41 heavy (non-hydrogen) atoms. The zero-order valence-electron chi connectivity index (χ0n) is 19.2. The van der Waals surface area contributed by atoms with Crippen LogP contribution in [0.4, 0.5) is 70.2 Å². The van der Waals surface area contributed by atoms with Crippen molar-refractivity contribution in [3.63, 3.8) is 0 Å². The molecule has 0 spiro atoms. The van der Waals surface area contributed by atoms with Crippen LogP contribution in [0.2, 0.25) is 0 Å². The summed E-state index contributed by atoms with van der Waals surface area (Å²) in [6.07, 6.45) is -42.6. The number of ether oxygens (including phenoxy) is 4. The number of benzene rings is 1. The summed E-state index contributed by atoms with van der Waals surface area (Å²) in [5, 5.41) is 9.00. The fourth-order valence-electron chi connectivity index (χ4n) is 2.47. The van der Waals surface area contributed by atoms with Crippen LogP contribution in [0.3, 0.4) is 0 Å². The Balaban J connectivity index is 3.58. The first kappa shape index (κ1) is 35.8. The van der Waals surface area contributed by atoms with Gasteiger partial charge in [-0.05, 0) is 19.1 Å². The fourth-order valence-corrected chi connectivity index (χ4v) is 2.47. The zero-order chi connectivity index (χ0) is 32.8. The molecule has 1 rings (SSSR count). The van der Waals surface area contributed by atoms with E-state index in [0.717, 1.165) is 0 Å². The lowest BCUT2D eigenvalue weighted by molar-refractivity contribution is -0.543. The maximum atomic E-state index is 14.2. The molecule has 0 radical (unpaired) electrons. The number of esters is 1. The van der Waals surface area contributed by atoms with E-state index in [2.05, 4.69) is 14.2 Å². The van der Waals surface area contributed by atoms with Crippen LogP contribution in [0.15, 0.2) is 12.1 Å². The minimum absolute atomic E-state index is 0.364. The number of methoxy groups -OCH3 is 1. The average Bonchev–Trinajstić information content (AvgIpc) is 2.77. The fraction of sp³-hybridized carbons (Fsp3) is 0.556. The van der Waals surface area contributed by atoms with Crippen LogP contribution in [0.5, 0.6) is 5.75 Å². The van der Waals surface area contributed by atoms with Gasteiger partial charge in [-0.2, -0.15) is 65.9 Å². The Bertz CT molecular complexity index is 1150. The van der Waals surface area contributed by atoms with Crippen molar-refractivity contribution in [3.8, 4) is 5.75 Å². The number of carbonyl (C=O) groups is 2. The van der Waals surface area contributed by atoms with Crippen molar-refractivity contribution >= 4 is 11.9 Å². The van der Waals surface area contributed by atoms with Gasteiger partial charge in [0, 0.05) is 5.56 Å². The number of alkyl halides is 16. The Morgan fingerprint density at radius 2 is 1.24 bits per heavy atom. The van der Waals surface area contributed by atoms with Gasteiger partial charge in [-0.3, -0.25) is 9.47 Å². The number of halogens is 16. The van der Waals surface area contributed by atoms with E-state index in [9.17, 15) is 79.8 Å². The molecule has 1 aromatic rings. The van der Waals surface area contributed by atoms with Gasteiger partial charge in [-0.15, -0.1) is 0 Å². The van der Waals surface area contributed by atoms with Crippen molar-refractivity contribution in [2.75, 3.05) is 7.11 Å². The summed E-state index contributed by atoms with van der Waals surface area (Å²) < 4.78 is 223. The summed E-state index contributed by atoms with van der Waals surface area (Å²) in [6, 6.07) is 0.908. The first-order chi connectivity index (χ1) is 18.0. The molecular weight excluding hydrogens is 632 g/mol. The number of hydrogen-bond donors (Lipinski definition) is 1. The molecule has 0 aliphatic heterocycles. The van der Waals surface area contributed by atoms with E-state index >= 15 is 0 Å². The molecule has 0 saturated carbocycles. The second-order valence-corrected chi connectivity index (χ2v) is 7.31. The molecule has 0 aliphatic carbocycles. The maximum absolute atomic E-state index is 14.2. The number of hydrogen-bond acceptors (Lipinski definition) is 6. The van der Waals surface area contributed by atoms with Crippen LogP contribution < -0.4 is 4.74 Å². The summed E-state index contributed by atoms with van der Waals surface area (Å²) in [6.45, 7) is 0.566. The predicted octanol–water partition coefficient (Wildman–Crippen LogP) is 6.39. The minimum atomic E-state index is -7.89. The van der Waals surface area contributed by atoms with Crippen LogP contribution in [-0.4, -0.2) is 73.0 Å². The van der Waals surface area contributed by atoms with Gasteiger partial charge in [0.25, 0.3) is 0 Å². The molecule has 0 bridgehead atoms. The van der Waals surface area contributed by atoms with E-state index in [1.54, 1.807) is 0 Å². The van der Waals surface area contributed by atoms with Gasteiger partial charge < -0.3 is 14.6 Å². The number of carboxylic acids is 1. The molecule has 0 heterocycles. The van der Waals surface area contributed by atoms with Gasteiger partial charge in [0.2, 0.25) is 0 Å². The Kier molecular flexibility index (Phi) is 9.49. The summed E-state index contributed by atoms with van der Waals surface area (Å²) in [7, 11) is 0.586. The molecule has 1 aromatic carbocycles. The first-order valence-corrected chi connectivity index (χ1v) is 9.50. The molecule has 236 valence electrons.